The van der Waals surface area contributed by atoms with Crippen LogP contribution in [0.5, 0.6) is 0 Å². The van der Waals surface area contributed by atoms with Gasteiger partial charge < -0.3 is 23.4 Å². The van der Waals surface area contributed by atoms with E-state index in [0.717, 1.165) is 38.7 Å². The van der Waals surface area contributed by atoms with Gasteiger partial charge in [-0.15, -0.1) is 0 Å². The first-order chi connectivity index (χ1) is 10.1. The molecule has 6 heteroatoms. The van der Waals surface area contributed by atoms with Crippen molar-refractivity contribution in [3.8, 4) is 0 Å². The summed E-state index contributed by atoms with van der Waals surface area (Å²) >= 11 is 0. The van der Waals surface area contributed by atoms with Crippen molar-refractivity contribution in [2.24, 2.45) is 0 Å². The number of rotatable bonds is 13. The molecule has 126 valence electrons. The fraction of sp³-hybridized carbons (Fsp3) is 1.00. The Balaban J connectivity index is 1.90. The van der Waals surface area contributed by atoms with E-state index in [0.29, 0.717) is 32.5 Å². The lowest BCUT2D eigenvalue weighted by atomic mass is 10.2. The highest BCUT2D eigenvalue weighted by molar-refractivity contribution is 6.71. The third-order valence-corrected chi connectivity index (χ3v) is 6.06. The fourth-order valence-corrected chi connectivity index (χ4v) is 4.01. The van der Waals surface area contributed by atoms with Gasteiger partial charge in [-0.1, -0.05) is 0 Å². The minimum atomic E-state index is -1.56. The highest BCUT2D eigenvalue weighted by Crippen LogP contribution is 2.18. The molecule has 0 saturated carbocycles. The Hall–Kier alpha value is 0.0169. The van der Waals surface area contributed by atoms with Crippen LogP contribution >= 0.6 is 0 Å². The Morgan fingerprint density at radius 3 is 2.43 bits per heavy atom. The number of methoxy groups -OCH3 is 1. The van der Waals surface area contributed by atoms with Crippen LogP contribution < -0.4 is 0 Å². The van der Waals surface area contributed by atoms with Gasteiger partial charge in [-0.2, -0.15) is 0 Å². The lowest BCUT2D eigenvalue weighted by Gasteiger charge is -2.24. The van der Waals surface area contributed by atoms with Crippen molar-refractivity contribution in [3.63, 3.8) is 0 Å². The van der Waals surface area contributed by atoms with E-state index < -0.39 is 8.32 Å². The highest BCUT2D eigenvalue weighted by Gasteiger charge is 2.25. The zero-order chi connectivity index (χ0) is 15.4. The summed E-state index contributed by atoms with van der Waals surface area (Å²) in [6, 6.07) is 1.13. The summed E-state index contributed by atoms with van der Waals surface area (Å²) in [5.41, 5.74) is 0. The van der Waals surface area contributed by atoms with Crippen molar-refractivity contribution in [3.05, 3.63) is 0 Å². The maximum Gasteiger partial charge on any atom is 0.186 e. The Labute approximate surface area is 130 Å². The lowest BCUT2D eigenvalue weighted by molar-refractivity contribution is 0.0247. The molecule has 1 saturated heterocycles. The van der Waals surface area contributed by atoms with Crippen molar-refractivity contribution >= 4 is 8.32 Å². The Kier molecular flexibility index (Phi) is 10.5. The minimum Gasteiger partial charge on any atom is -0.415 e. The van der Waals surface area contributed by atoms with Crippen LogP contribution in [0, 0.1) is 0 Å². The van der Waals surface area contributed by atoms with Gasteiger partial charge in [0.2, 0.25) is 0 Å². The van der Waals surface area contributed by atoms with Crippen molar-refractivity contribution in [2.75, 3.05) is 53.4 Å². The van der Waals surface area contributed by atoms with E-state index in [2.05, 4.69) is 13.1 Å². The highest BCUT2D eigenvalue weighted by atomic mass is 28.4. The summed E-state index contributed by atoms with van der Waals surface area (Å²) in [5.74, 6) is 0. The van der Waals surface area contributed by atoms with Crippen molar-refractivity contribution < 1.29 is 23.4 Å². The molecule has 0 N–H and O–H groups in total. The average Bonchev–Trinajstić information content (AvgIpc) is 2.97. The van der Waals surface area contributed by atoms with Gasteiger partial charge in [0.1, 0.15) is 0 Å². The van der Waals surface area contributed by atoms with Crippen molar-refractivity contribution in [1.82, 2.24) is 0 Å². The molecule has 0 spiro atoms. The lowest BCUT2D eigenvalue weighted by Crippen LogP contribution is -2.34. The topological polar surface area (TPSA) is 46.2 Å². The first kappa shape index (κ1) is 19.1. The van der Waals surface area contributed by atoms with Crippen molar-refractivity contribution in [1.29, 1.82) is 0 Å². The average molecular weight is 321 g/mol. The fourth-order valence-electron chi connectivity index (χ4n) is 2.23. The van der Waals surface area contributed by atoms with Crippen molar-refractivity contribution in [2.45, 2.75) is 44.5 Å². The van der Waals surface area contributed by atoms with Crippen LogP contribution in [0.25, 0.3) is 0 Å². The molecule has 1 unspecified atom stereocenters. The number of hydrogen-bond donors (Lipinski definition) is 0. The smallest absolute Gasteiger partial charge is 0.186 e. The van der Waals surface area contributed by atoms with Crippen LogP contribution in [-0.4, -0.2) is 67.8 Å². The molecule has 21 heavy (non-hydrogen) atoms. The van der Waals surface area contributed by atoms with Crippen LogP contribution in [0.4, 0.5) is 0 Å². The Morgan fingerprint density at radius 2 is 1.76 bits per heavy atom. The molecule has 1 atom stereocenters. The second-order valence-electron chi connectivity index (χ2n) is 6.03. The molecule has 1 aliphatic rings. The molecule has 0 aromatic rings. The zero-order valence-corrected chi connectivity index (χ0v) is 14.9. The Morgan fingerprint density at radius 1 is 1.05 bits per heavy atom. The van der Waals surface area contributed by atoms with Gasteiger partial charge >= 0.3 is 0 Å². The number of ether oxygens (including phenoxy) is 4. The molecule has 1 fully saturated rings. The summed E-state index contributed by atoms with van der Waals surface area (Å²) in [6.07, 6.45) is 3.72. The van der Waals surface area contributed by atoms with Gasteiger partial charge in [-0.05, 0) is 38.4 Å². The first-order valence-corrected chi connectivity index (χ1v) is 11.2. The Bertz CT molecular complexity index is 244. The van der Waals surface area contributed by atoms with E-state index in [1.807, 2.05) is 0 Å². The SMILES string of the molecule is COCCOCCOCCC[Si](C)(C)OCC1CCCO1. The summed E-state index contributed by atoms with van der Waals surface area (Å²) < 4.78 is 27.5. The van der Waals surface area contributed by atoms with Crippen LogP contribution in [0.1, 0.15) is 19.3 Å². The van der Waals surface area contributed by atoms with Gasteiger partial charge in [0, 0.05) is 20.3 Å². The van der Waals surface area contributed by atoms with Crippen LogP contribution in [0.15, 0.2) is 0 Å². The largest absolute Gasteiger partial charge is 0.415 e. The van der Waals surface area contributed by atoms with Crippen LogP contribution in [0.2, 0.25) is 19.1 Å². The maximum atomic E-state index is 6.11. The molecule has 0 bridgehead atoms. The summed E-state index contributed by atoms with van der Waals surface area (Å²) in [4.78, 5) is 0. The van der Waals surface area contributed by atoms with Gasteiger partial charge in [-0.25, -0.2) is 0 Å². The standard InChI is InChI=1S/C15H32O5Si/c1-16-9-10-18-12-11-17-7-5-13-21(2,3)20-14-15-6-4-8-19-15/h15H,4-14H2,1-3H3. The monoisotopic (exact) mass is 320 g/mol. The third kappa shape index (κ3) is 10.4. The predicted molar refractivity (Wildman–Crippen MR) is 85.3 cm³/mol. The summed E-state index contributed by atoms with van der Waals surface area (Å²) in [6.45, 7) is 9.57. The second-order valence-corrected chi connectivity index (χ2v) is 10.3. The number of hydrogen-bond acceptors (Lipinski definition) is 5. The van der Waals surface area contributed by atoms with Gasteiger partial charge in [-0.3, -0.25) is 0 Å². The van der Waals surface area contributed by atoms with Gasteiger partial charge in [0.25, 0.3) is 0 Å². The van der Waals surface area contributed by atoms with Gasteiger partial charge in [0.15, 0.2) is 8.32 Å². The molecular formula is C15H32O5Si. The van der Waals surface area contributed by atoms with E-state index >= 15 is 0 Å². The molecular weight excluding hydrogens is 288 g/mol. The van der Waals surface area contributed by atoms with Crippen LogP contribution in [0.3, 0.4) is 0 Å². The third-order valence-electron chi connectivity index (χ3n) is 3.56. The molecule has 0 amide bonds. The molecule has 1 aliphatic heterocycles. The summed E-state index contributed by atoms with van der Waals surface area (Å²) in [5, 5.41) is 0. The molecule has 1 rings (SSSR count). The molecule has 5 nitrogen and oxygen atoms in total. The molecule has 0 aromatic heterocycles. The van der Waals surface area contributed by atoms with E-state index in [-0.39, 0.29) is 0 Å². The van der Waals surface area contributed by atoms with Crippen LogP contribution in [-0.2, 0) is 23.4 Å². The predicted octanol–water partition coefficient (Wildman–Crippen LogP) is 2.46. The molecule has 0 radical (unpaired) electrons. The van der Waals surface area contributed by atoms with E-state index in [1.54, 1.807) is 7.11 Å². The quantitative estimate of drug-likeness (QED) is 0.385. The van der Waals surface area contributed by atoms with Gasteiger partial charge in [0.05, 0.1) is 39.1 Å². The van der Waals surface area contributed by atoms with E-state index in [9.17, 15) is 0 Å². The molecule has 0 aromatic carbocycles. The van der Waals surface area contributed by atoms with E-state index in [4.69, 9.17) is 23.4 Å². The first-order valence-electron chi connectivity index (χ1n) is 8.04. The summed E-state index contributed by atoms with van der Waals surface area (Å²) in [7, 11) is 0.108. The molecule has 1 heterocycles. The second kappa shape index (κ2) is 11.6. The zero-order valence-electron chi connectivity index (χ0n) is 13.9. The van der Waals surface area contributed by atoms with E-state index in [1.165, 1.54) is 6.42 Å². The minimum absolute atomic E-state index is 0.331. The molecule has 0 aliphatic carbocycles. The normalized spacial score (nSPS) is 19.3. The maximum absolute atomic E-state index is 6.11.